The standard InChI is InChI=1S/C13H28BrN3/c1-3-15(4-2)10-11-17-8-5-7-16(9-6-14)12-13-17/h3-13H2,1-2H3. The van der Waals surface area contributed by atoms with Crippen LogP contribution >= 0.6 is 15.9 Å². The van der Waals surface area contributed by atoms with Crippen LogP contribution < -0.4 is 0 Å². The van der Waals surface area contributed by atoms with Crippen molar-refractivity contribution in [2.24, 2.45) is 0 Å². The van der Waals surface area contributed by atoms with Crippen LogP contribution in [-0.4, -0.2) is 78.9 Å². The molecule has 0 aliphatic carbocycles. The number of rotatable bonds is 7. The summed E-state index contributed by atoms with van der Waals surface area (Å²) in [5.74, 6) is 0. The van der Waals surface area contributed by atoms with E-state index >= 15 is 0 Å². The van der Waals surface area contributed by atoms with Gasteiger partial charge in [0, 0.05) is 38.1 Å². The van der Waals surface area contributed by atoms with Crippen LogP contribution in [0.15, 0.2) is 0 Å². The van der Waals surface area contributed by atoms with Gasteiger partial charge in [0.25, 0.3) is 0 Å². The summed E-state index contributed by atoms with van der Waals surface area (Å²) in [6.45, 7) is 15.6. The molecule has 1 rings (SSSR count). The van der Waals surface area contributed by atoms with Gasteiger partial charge in [-0.05, 0) is 32.6 Å². The van der Waals surface area contributed by atoms with E-state index in [9.17, 15) is 0 Å². The van der Waals surface area contributed by atoms with Gasteiger partial charge in [-0.1, -0.05) is 29.8 Å². The summed E-state index contributed by atoms with van der Waals surface area (Å²) in [7, 11) is 0. The maximum absolute atomic E-state index is 3.53. The molecule has 1 aliphatic heterocycles. The molecule has 0 radical (unpaired) electrons. The Hall–Kier alpha value is 0.360. The maximum Gasteiger partial charge on any atom is 0.0159 e. The highest BCUT2D eigenvalue weighted by molar-refractivity contribution is 9.09. The molecule has 0 aromatic heterocycles. The second-order valence-electron chi connectivity index (χ2n) is 4.75. The third kappa shape index (κ3) is 6.18. The van der Waals surface area contributed by atoms with Crippen LogP contribution in [0.2, 0.25) is 0 Å². The van der Waals surface area contributed by atoms with E-state index in [4.69, 9.17) is 0 Å². The molecule has 0 aromatic rings. The molecule has 0 bridgehead atoms. The zero-order valence-electron chi connectivity index (χ0n) is 11.5. The van der Waals surface area contributed by atoms with Crippen molar-refractivity contribution >= 4 is 15.9 Å². The first-order valence-corrected chi connectivity index (χ1v) is 8.15. The molecule has 1 saturated heterocycles. The fourth-order valence-electron chi connectivity index (χ4n) is 2.41. The van der Waals surface area contributed by atoms with Gasteiger partial charge in [-0.3, -0.25) is 0 Å². The molecule has 0 unspecified atom stereocenters. The highest BCUT2D eigenvalue weighted by atomic mass is 79.9. The summed E-state index contributed by atoms with van der Waals surface area (Å²) >= 11 is 3.53. The van der Waals surface area contributed by atoms with Crippen LogP contribution in [0.1, 0.15) is 20.3 Å². The van der Waals surface area contributed by atoms with Gasteiger partial charge in [-0.25, -0.2) is 0 Å². The zero-order valence-corrected chi connectivity index (χ0v) is 13.1. The van der Waals surface area contributed by atoms with E-state index in [2.05, 4.69) is 44.5 Å². The third-order valence-corrected chi connectivity index (χ3v) is 4.06. The number of alkyl halides is 1. The topological polar surface area (TPSA) is 9.72 Å². The van der Waals surface area contributed by atoms with Gasteiger partial charge < -0.3 is 14.7 Å². The first-order valence-electron chi connectivity index (χ1n) is 7.03. The van der Waals surface area contributed by atoms with Crippen LogP contribution in [-0.2, 0) is 0 Å². The Labute approximate surface area is 115 Å². The lowest BCUT2D eigenvalue weighted by atomic mass is 10.3. The zero-order chi connectivity index (χ0) is 12.5. The van der Waals surface area contributed by atoms with Gasteiger partial charge in [0.05, 0.1) is 0 Å². The smallest absolute Gasteiger partial charge is 0.0159 e. The van der Waals surface area contributed by atoms with Crippen molar-refractivity contribution in [1.29, 1.82) is 0 Å². The molecule has 0 saturated carbocycles. The van der Waals surface area contributed by atoms with Gasteiger partial charge in [-0.15, -0.1) is 0 Å². The van der Waals surface area contributed by atoms with E-state index in [0.717, 1.165) is 5.33 Å². The Morgan fingerprint density at radius 1 is 0.941 bits per heavy atom. The van der Waals surface area contributed by atoms with Crippen molar-refractivity contribution in [3.63, 3.8) is 0 Å². The largest absolute Gasteiger partial charge is 0.303 e. The van der Waals surface area contributed by atoms with Crippen LogP contribution in [0, 0.1) is 0 Å². The monoisotopic (exact) mass is 305 g/mol. The Morgan fingerprint density at radius 3 is 2.06 bits per heavy atom. The van der Waals surface area contributed by atoms with E-state index in [0.29, 0.717) is 0 Å². The van der Waals surface area contributed by atoms with Gasteiger partial charge in [-0.2, -0.15) is 0 Å². The summed E-state index contributed by atoms with van der Waals surface area (Å²) in [6, 6.07) is 0. The van der Waals surface area contributed by atoms with Crippen LogP contribution in [0.3, 0.4) is 0 Å². The fraction of sp³-hybridized carbons (Fsp3) is 1.00. The van der Waals surface area contributed by atoms with Crippen LogP contribution in [0.25, 0.3) is 0 Å². The van der Waals surface area contributed by atoms with Crippen molar-refractivity contribution in [2.75, 3.05) is 64.2 Å². The average Bonchev–Trinajstić information content (AvgIpc) is 2.57. The second-order valence-corrected chi connectivity index (χ2v) is 5.55. The minimum Gasteiger partial charge on any atom is -0.303 e. The molecule has 102 valence electrons. The van der Waals surface area contributed by atoms with Crippen molar-refractivity contribution in [3.05, 3.63) is 0 Å². The average molecular weight is 306 g/mol. The van der Waals surface area contributed by atoms with Gasteiger partial charge in [0.1, 0.15) is 0 Å². The van der Waals surface area contributed by atoms with E-state index < -0.39 is 0 Å². The lowest BCUT2D eigenvalue weighted by Gasteiger charge is -2.25. The number of hydrogen-bond acceptors (Lipinski definition) is 3. The van der Waals surface area contributed by atoms with E-state index in [1.807, 2.05) is 0 Å². The molecular weight excluding hydrogens is 278 g/mol. The SMILES string of the molecule is CCN(CC)CCN1CCCN(CCBr)CC1. The molecule has 0 amide bonds. The summed E-state index contributed by atoms with van der Waals surface area (Å²) in [6.07, 6.45) is 1.32. The molecular formula is C13H28BrN3. The number of halogens is 1. The molecule has 3 nitrogen and oxygen atoms in total. The fourth-order valence-corrected chi connectivity index (χ4v) is 2.92. The molecule has 4 heteroatoms. The van der Waals surface area contributed by atoms with Crippen LogP contribution in [0.4, 0.5) is 0 Å². The predicted molar refractivity (Wildman–Crippen MR) is 79.1 cm³/mol. The lowest BCUT2D eigenvalue weighted by Crippen LogP contribution is -2.37. The quantitative estimate of drug-likeness (QED) is 0.663. The maximum atomic E-state index is 3.53. The molecule has 0 N–H and O–H groups in total. The lowest BCUT2D eigenvalue weighted by molar-refractivity contribution is 0.215. The van der Waals surface area contributed by atoms with Crippen molar-refractivity contribution in [1.82, 2.24) is 14.7 Å². The third-order valence-electron chi connectivity index (χ3n) is 3.71. The van der Waals surface area contributed by atoms with E-state index in [1.54, 1.807) is 0 Å². The Balaban J connectivity index is 2.21. The van der Waals surface area contributed by atoms with E-state index in [-0.39, 0.29) is 0 Å². The number of nitrogens with zero attached hydrogens (tertiary/aromatic N) is 3. The van der Waals surface area contributed by atoms with Crippen molar-refractivity contribution in [2.45, 2.75) is 20.3 Å². The van der Waals surface area contributed by atoms with Crippen LogP contribution in [0.5, 0.6) is 0 Å². The highest BCUT2D eigenvalue weighted by Crippen LogP contribution is 2.03. The summed E-state index contributed by atoms with van der Waals surface area (Å²) in [5, 5.41) is 1.10. The first-order chi connectivity index (χ1) is 8.30. The molecule has 0 aromatic carbocycles. The second kappa shape index (κ2) is 9.31. The van der Waals surface area contributed by atoms with Gasteiger partial charge >= 0.3 is 0 Å². The Kier molecular flexibility index (Phi) is 8.44. The summed E-state index contributed by atoms with van der Waals surface area (Å²) in [5.41, 5.74) is 0. The Bertz CT molecular complexity index is 186. The first kappa shape index (κ1) is 15.4. The molecule has 1 aliphatic rings. The van der Waals surface area contributed by atoms with Crippen molar-refractivity contribution < 1.29 is 0 Å². The molecule has 17 heavy (non-hydrogen) atoms. The van der Waals surface area contributed by atoms with E-state index in [1.165, 1.54) is 65.3 Å². The van der Waals surface area contributed by atoms with Crippen molar-refractivity contribution in [3.8, 4) is 0 Å². The predicted octanol–water partition coefficient (Wildman–Crippen LogP) is 1.73. The molecule has 1 heterocycles. The number of likely N-dealkylation sites (N-methyl/N-ethyl adjacent to an activating group) is 1. The Morgan fingerprint density at radius 2 is 1.53 bits per heavy atom. The number of hydrogen-bond donors (Lipinski definition) is 0. The summed E-state index contributed by atoms with van der Waals surface area (Å²) in [4.78, 5) is 7.72. The molecule has 1 fully saturated rings. The normalized spacial score (nSPS) is 19.8. The minimum absolute atomic E-state index is 1.10. The van der Waals surface area contributed by atoms with Gasteiger partial charge in [0.15, 0.2) is 0 Å². The highest BCUT2D eigenvalue weighted by Gasteiger charge is 2.14. The minimum atomic E-state index is 1.10. The summed E-state index contributed by atoms with van der Waals surface area (Å²) < 4.78 is 0. The molecule has 0 spiro atoms. The molecule has 0 atom stereocenters. The van der Waals surface area contributed by atoms with Gasteiger partial charge in [0.2, 0.25) is 0 Å².